The van der Waals surface area contributed by atoms with Crippen molar-refractivity contribution < 1.29 is 8.42 Å². The van der Waals surface area contributed by atoms with Crippen LogP contribution in [-0.2, 0) is 9.84 Å². The summed E-state index contributed by atoms with van der Waals surface area (Å²) in [7, 11) is -2.94. The fourth-order valence-electron chi connectivity index (χ4n) is 2.63. The molecule has 0 bridgehead atoms. The summed E-state index contributed by atoms with van der Waals surface area (Å²) in [6.07, 6.45) is 4.72. The maximum Gasteiger partial charge on any atom is 0.150 e. The minimum atomic E-state index is -2.94. The molecule has 0 saturated heterocycles. The summed E-state index contributed by atoms with van der Waals surface area (Å²) < 4.78 is 23.2. The summed E-state index contributed by atoms with van der Waals surface area (Å²) in [5, 5.41) is 8.61. The number of nitriles is 1. The lowest BCUT2D eigenvalue weighted by atomic mass is 9.93. The van der Waals surface area contributed by atoms with Crippen LogP contribution in [0.5, 0.6) is 0 Å². The first-order chi connectivity index (χ1) is 7.86. The van der Waals surface area contributed by atoms with Crippen molar-refractivity contribution >= 4 is 9.84 Å². The van der Waals surface area contributed by atoms with Gasteiger partial charge in [0, 0.05) is 18.3 Å². The molecule has 0 heterocycles. The van der Waals surface area contributed by atoms with E-state index >= 15 is 0 Å². The van der Waals surface area contributed by atoms with E-state index in [4.69, 9.17) is 5.26 Å². The van der Waals surface area contributed by atoms with Gasteiger partial charge in [-0.15, -0.1) is 0 Å². The van der Waals surface area contributed by atoms with E-state index in [0.717, 1.165) is 19.3 Å². The molecule has 2 unspecified atom stereocenters. The summed E-state index contributed by atoms with van der Waals surface area (Å²) in [6.45, 7) is 4.50. The highest BCUT2D eigenvalue weighted by atomic mass is 32.2. The Bertz CT molecular complexity index is 384. The first-order valence-corrected chi connectivity index (χ1v) is 8.13. The third-order valence-corrected chi connectivity index (χ3v) is 5.23. The molecule has 0 aliphatic heterocycles. The third-order valence-electron chi connectivity index (χ3n) is 3.59. The zero-order valence-electron chi connectivity index (χ0n) is 10.9. The third kappa shape index (κ3) is 3.97. The van der Waals surface area contributed by atoms with E-state index in [1.165, 1.54) is 6.26 Å². The average molecular weight is 258 g/mol. The fraction of sp³-hybridized carbons (Fsp3) is 0.917. The van der Waals surface area contributed by atoms with Crippen LogP contribution in [0, 0.1) is 11.3 Å². The normalized spacial score (nSPS) is 26.1. The second kappa shape index (κ2) is 5.83. The van der Waals surface area contributed by atoms with Gasteiger partial charge in [-0.1, -0.05) is 6.42 Å². The van der Waals surface area contributed by atoms with Gasteiger partial charge in [-0.05, 0) is 33.1 Å². The SMILES string of the molecule is CC(C)N(CC#N)C1CCCC(S(C)(=O)=O)C1. The Morgan fingerprint density at radius 1 is 1.41 bits per heavy atom. The van der Waals surface area contributed by atoms with Crippen LogP contribution in [-0.4, -0.2) is 43.5 Å². The molecule has 2 atom stereocenters. The van der Waals surface area contributed by atoms with E-state index in [0.29, 0.717) is 13.0 Å². The summed E-state index contributed by atoms with van der Waals surface area (Å²) in [4.78, 5) is 2.12. The van der Waals surface area contributed by atoms with Crippen LogP contribution in [0.1, 0.15) is 39.5 Å². The lowest BCUT2D eigenvalue weighted by Gasteiger charge is -2.38. The molecule has 1 aliphatic rings. The van der Waals surface area contributed by atoms with Crippen molar-refractivity contribution in [1.82, 2.24) is 4.90 Å². The van der Waals surface area contributed by atoms with Gasteiger partial charge in [0.15, 0.2) is 0 Å². The monoisotopic (exact) mass is 258 g/mol. The van der Waals surface area contributed by atoms with E-state index < -0.39 is 9.84 Å². The number of sulfone groups is 1. The first kappa shape index (κ1) is 14.5. The smallest absolute Gasteiger partial charge is 0.150 e. The Balaban J connectivity index is 2.74. The molecule has 5 heteroatoms. The highest BCUT2D eigenvalue weighted by Gasteiger charge is 2.32. The van der Waals surface area contributed by atoms with Gasteiger partial charge in [0.1, 0.15) is 9.84 Å². The van der Waals surface area contributed by atoms with Gasteiger partial charge < -0.3 is 0 Å². The molecule has 0 aromatic carbocycles. The summed E-state index contributed by atoms with van der Waals surface area (Å²) in [6, 6.07) is 2.71. The molecule has 4 nitrogen and oxygen atoms in total. The van der Waals surface area contributed by atoms with Gasteiger partial charge in [0.25, 0.3) is 0 Å². The molecule has 1 aliphatic carbocycles. The van der Waals surface area contributed by atoms with E-state index in [1.807, 2.05) is 0 Å². The molecule has 1 rings (SSSR count). The van der Waals surface area contributed by atoms with E-state index in [1.54, 1.807) is 0 Å². The van der Waals surface area contributed by atoms with Crippen LogP contribution in [0.15, 0.2) is 0 Å². The van der Waals surface area contributed by atoms with Gasteiger partial charge >= 0.3 is 0 Å². The second-order valence-corrected chi connectivity index (χ2v) is 7.52. The zero-order valence-corrected chi connectivity index (χ0v) is 11.7. The second-order valence-electron chi connectivity index (χ2n) is 5.20. The maximum absolute atomic E-state index is 11.6. The molecule has 17 heavy (non-hydrogen) atoms. The molecule has 0 amide bonds. The first-order valence-electron chi connectivity index (χ1n) is 6.17. The van der Waals surface area contributed by atoms with Crippen molar-refractivity contribution in [3.05, 3.63) is 0 Å². The Labute approximate surface area is 105 Å². The molecule has 98 valence electrons. The van der Waals surface area contributed by atoms with Crippen LogP contribution >= 0.6 is 0 Å². The van der Waals surface area contributed by atoms with Crippen LogP contribution in [0.3, 0.4) is 0 Å². The number of nitrogens with zero attached hydrogens (tertiary/aromatic N) is 2. The lowest BCUT2D eigenvalue weighted by molar-refractivity contribution is 0.139. The van der Waals surface area contributed by atoms with Crippen LogP contribution in [0.25, 0.3) is 0 Å². The summed E-state index contributed by atoms with van der Waals surface area (Å²) in [5.74, 6) is 0. The minimum absolute atomic E-state index is 0.221. The quantitative estimate of drug-likeness (QED) is 0.718. The van der Waals surface area contributed by atoms with Crippen LogP contribution in [0.4, 0.5) is 0 Å². The Hall–Kier alpha value is -0.600. The molecule has 1 saturated carbocycles. The summed E-state index contributed by atoms with van der Waals surface area (Å²) in [5.41, 5.74) is 0. The molecule has 0 N–H and O–H groups in total. The highest BCUT2D eigenvalue weighted by Crippen LogP contribution is 2.28. The van der Waals surface area contributed by atoms with Crippen molar-refractivity contribution in [2.75, 3.05) is 12.8 Å². The topological polar surface area (TPSA) is 61.2 Å². The lowest BCUT2D eigenvalue weighted by Crippen LogP contribution is -2.45. The van der Waals surface area contributed by atoms with Gasteiger partial charge in [0.05, 0.1) is 17.9 Å². The van der Waals surface area contributed by atoms with Crippen LogP contribution in [0.2, 0.25) is 0 Å². The number of rotatable bonds is 4. The molecule has 1 fully saturated rings. The van der Waals surface area contributed by atoms with E-state index in [2.05, 4.69) is 24.8 Å². The largest absolute Gasteiger partial charge is 0.285 e. The Kier molecular flexibility index (Phi) is 4.96. The molecule has 0 spiro atoms. The Morgan fingerprint density at radius 3 is 2.53 bits per heavy atom. The van der Waals surface area contributed by atoms with Crippen LogP contribution < -0.4 is 0 Å². The van der Waals surface area contributed by atoms with Crippen molar-refractivity contribution in [1.29, 1.82) is 5.26 Å². The van der Waals surface area contributed by atoms with Gasteiger partial charge in [0.2, 0.25) is 0 Å². The zero-order chi connectivity index (χ0) is 13.1. The maximum atomic E-state index is 11.6. The number of hydrogen-bond donors (Lipinski definition) is 0. The van der Waals surface area contributed by atoms with E-state index in [-0.39, 0.29) is 17.3 Å². The van der Waals surface area contributed by atoms with Gasteiger partial charge in [-0.3, -0.25) is 4.90 Å². The van der Waals surface area contributed by atoms with Crippen molar-refractivity contribution in [2.24, 2.45) is 0 Å². The Morgan fingerprint density at radius 2 is 2.06 bits per heavy atom. The molecular weight excluding hydrogens is 236 g/mol. The summed E-state index contributed by atoms with van der Waals surface area (Å²) >= 11 is 0. The van der Waals surface area contributed by atoms with E-state index in [9.17, 15) is 8.42 Å². The predicted octanol–water partition coefficient (Wildman–Crippen LogP) is 1.58. The fourth-order valence-corrected chi connectivity index (χ4v) is 3.79. The highest BCUT2D eigenvalue weighted by molar-refractivity contribution is 7.91. The molecule has 0 aromatic rings. The minimum Gasteiger partial charge on any atom is -0.285 e. The molecule has 0 aromatic heterocycles. The van der Waals surface area contributed by atoms with Gasteiger partial charge in [-0.25, -0.2) is 8.42 Å². The van der Waals surface area contributed by atoms with Crippen molar-refractivity contribution in [3.63, 3.8) is 0 Å². The predicted molar refractivity (Wildman–Crippen MR) is 68.3 cm³/mol. The molecule has 0 radical (unpaired) electrons. The molecular formula is C12H22N2O2S. The van der Waals surface area contributed by atoms with Crippen molar-refractivity contribution in [2.45, 2.75) is 56.9 Å². The van der Waals surface area contributed by atoms with Gasteiger partial charge in [-0.2, -0.15) is 5.26 Å². The van der Waals surface area contributed by atoms with Crippen molar-refractivity contribution in [3.8, 4) is 6.07 Å². The number of hydrogen-bond acceptors (Lipinski definition) is 4. The average Bonchev–Trinajstić information content (AvgIpc) is 2.24. The standard InChI is InChI=1S/C12H22N2O2S/c1-10(2)14(8-7-13)11-5-4-6-12(9-11)17(3,15)16/h10-12H,4-6,8-9H2,1-3H3.